The molecule has 2 rings (SSSR count). The van der Waals surface area contributed by atoms with Gasteiger partial charge in [-0.2, -0.15) is 0 Å². The average molecular weight is 313 g/mol. The molecule has 0 unspecified atom stereocenters. The monoisotopic (exact) mass is 312 g/mol. The van der Waals surface area contributed by atoms with Crippen LogP contribution < -0.4 is 22.5 Å². The average Bonchev–Trinajstić information content (AvgIpc) is 2.87. The highest BCUT2D eigenvalue weighted by Crippen LogP contribution is 2.33. The van der Waals surface area contributed by atoms with Crippen LogP contribution in [0.1, 0.15) is 43.9 Å². The number of aryl methyl sites for hydroxylation is 1. The summed E-state index contributed by atoms with van der Waals surface area (Å²) < 4.78 is 5.88. The second-order valence-corrected chi connectivity index (χ2v) is 6.18. The van der Waals surface area contributed by atoms with Crippen molar-refractivity contribution >= 4 is 0 Å². The second kappa shape index (κ2) is 8.02. The Morgan fingerprint density at radius 2 is 1.86 bits per heavy atom. The molecule has 0 bridgehead atoms. The molecular weight excluding hydrogens is 286 g/mol. The Bertz CT molecular complexity index is 462. The van der Waals surface area contributed by atoms with Crippen molar-refractivity contribution in [3.63, 3.8) is 0 Å². The summed E-state index contributed by atoms with van der Waals surface area (Å²) in [7, 11) is 0. The summed E-state index contributed by atoms with van der Waals surface area (Å²) in [5, 5.41) is 13.5. The Morgan fingerprint density at radius 3 is 2.52 bits per heavy atom. The van der Waals surface area contributed by atoms with E-state index in [1.165, 1.54) is 23.1 Å². The molecule has 0 saturated carbocycles. The third kappa shape index (κ3) is 4.60. The Morgan fingerprint density at radius 1 is 1.19 bits per heavy atom. The van der Waals surface area contributed by atoms with Gasteiger partial charge in [0.05, 0.1) is 0 Å². The smallest absolute Gasteiger partial charge is 0.122 e. The number of aliphatic hydroxyl groups excluding tert-OH is 1. The van der Waals surface area contributed by atoms with Crippen LogP contribution >= 0.6 is 0 Å². The van der Waals surface area contributed by atoms with Gasteiger partial charge in [-0.05, 0) is 55.9 Å². The largest absolute Gasteiger partial charge is 1.00 e. The summed E-state index contributed by atoms with van der Waals surface area (Å²) in [5.41, 5.74) is 4.16. The summed E-state index contributed by atoms with van der Waals surface area (Å²) in [6.45, 7) is 8.66. The van der Waals surface area contributed by atoms with Gasteiger partial charge in [0.2, 0.25) is 0 Å². The van der Waals surface area contributed by atoms with E-state index in [1.807, 2.05) is 13.0 Å². The molecule has 0 saturated heterocycles. The number of nitrogens with one attached hydrogen (secondary N) is 1. The van der Waals surface area contributed by atoms with Crippen molar-refractivity contribution in [2.24, 2.45) is 0 Å². The molecule has 1 aromatic carbocycles. The number of rotatable bonds is 6. The molecule has 21 heavy (non-hydrogen) atoms. The zero-order valence-corrected chi connectivity index (χ0v) is 14.2. The van der Waals surface area contributed by atoms with Gasteiger partial charge >= 0.3 is 0 Å². The zero-order chi connectivity index (χ0) is 14.7. The number of benzene rings is 1. The molecule has 0 fully saturated rings. The normalized spacial score (nSPS) is 16.3. The fourth-order valence-electron chi connectivity index (χ4n) is 2.94. The van der Waals surface area contributed by atoms with Gasteiger partial charge in [0.15, 0.2) is 0 Å². The molecule has 3 nitrogen and oxygen atoms in total. The fraction of sp³-hybridized carbons (Fsp3) is 0.647. The molecule has 1 aliphatic carbocycles. The summed E-state index contributed by atoms with van der Waals surface area (Å²) in [4.78, 5) is 0. The lowest BCUT2D eigenvalue weighted by atomic mass is 10.0. The van der Waals surface area contributed by atoms with Gasteiger partial charge < -0.3 is 27.6 Å². The van der Waals surface area contributed by atoms with Crippen LogP contribution in [0.15, 0.2) is 12.1 Å². The third-order valence-corrected chi connectivity index (χ3v) is 4.06. The summed E-state index contributed by atoms with van der Waals surface area (Å²) >= 11 is 0. The van der Waals surface area contributed by atoms with Crippen molar-refractivity contribution in [1.29, 1.82) is 0 Å². The lowest BCUT2D eigenvalue weighted by Gasteiger charge is -2.23. The highest BCUT2D eigenvalue weighted by molar-refractivity contribution is 5.47. The Labute approximate surface area is 134 Å². The van der Waals surface area contributed by atoms with Crippen molar-refractivity contribution in [1.82, 2.24) is 5.32 Å². The minimum atomic E-state index is -0.490. The maximum absolute atomic E-state index is 10.1. The Hall–Kier alpha value is -0.770. The van der Waals surface area contributed by atoms with Crippen LogP contribution in [0, 0.1) is 6.92 Å². The first-order chi connectivity index (χ1) is 9.49. The highest BCUT2D eigenvalue weighted by atomic mass is 35.5. The summed E-state index contributed by atoms with van der Waals surface area (Å²) in [6, 6.07) is 4.57. The number of hydrogen-bond acceptors (Lipinski definition) is 3. The molecule has 0 aliphatic heterocycles. The molecule has 0 heterocycles. The zero-order valence-electron chi connectivity index (χ0n) is 13.4. The molecule has 1 aromatic rings. The van der Waals surface area contributed by atoms with Gasteiger partial charge in [0, 0.05) is 12.1 Å². The molecule has 120 valence electrons. The van der Waals surface area contributed by atoms with Crippen molar-refractivity contribution in [2.75, 3.05) is 6.61 Å². The van der Waals surface area contributed by atoms with E-state index in [9.17, 15) is 5.11 Å². The summed E-state index contributed by atoms with van der Waals surface area (Å²) in [5.74, 6) is 0.957. The first-order valence-electron chi connectivity index (χ1n) is 7.67. The molecule has 0 radical (unpaired) electrons. The van der Waals surface area contributed by atoms with Crippen molar-refractivity contribution in [3.05, 3.63) is 28.8 Å². The summed E-state index contributed by atoms with van der Waals surface area (Å²) in [6.07, 6.45) is 2.98. The van der Waals surface area contributed by atoms with Crippen molar-refractivity contribution in [3.8, 4) is 5.75 Å². The topological polar surface area (TPSA) is 41.5 Å². The predicted molar refractivity (Wildman–Crippen MR) is 82.4 cm³/mol. The molecule has 0 spiro atoms. The number of aliphatic hydroxyl groups is 1. The van der Waals surface area contributed by atoms with Crippen LogP contribution in [0.2, 0.25) is 0 Å². The van der Waals surface area contributed by atoms with E-state index >= 15 is 0 Å². The quantitative estimate of drug-likeness (QED) is 0.752. The SMILES string of the molecule is Cc1ccc(OC[C@H](O)[C@H](C)NC(C)C)c2c1CCC2.[Cl-]. The van der Waals surface area contributed by atoms with E-state index in [2.05, 4.69) is 32.2 Å². The molecule has 4 heteroatoms. The fourth-order valence-corrected chi connectivity index (χ4v) is 2.94. The van der Waals surface area contributed by atoms with Crippen LogP contribution in [0.25, 0.3) is 0 Å². The van der Waals surface area contributed by atoms with Gasteiger partial charge in [0.25, 0.3) is 0 Å². The van der Waals surface area contributed by atoms with E-state index in [0.29, 0.717) is 12.6 Å². The standard InChI is InChI=1S/C17H27NO2.ClH/c1-11(2)18-13(4)16(19)10-20-17-9-8-12(3)14-6-5-7-15(14)17;/h8-9,11,13,16,18-19H,5-7,10H2,1-4H3;1H/p-1/t13-,16-;/m0./s1. The Kier molecular flexibility index (Phi) is 6.98. The first-order valence-corrected chi connectivity index (χ1v) is 7.67. The van der Waals surface area contributed by atoms with Crippen LogP contribution in [0.3, 0.4) is 0 Å². The van der Waals surface area contributed by atoms with E-state index < -0.39 is 6.10 Å². The predicted octanol–water partition coefficient (Wildman–Crippen LogP) is -0.386. The van der Waals surface area contributed by atoms with Gasteiger partial charge in [-0.3, -0.25) is 0 Å². The van der Waals surface area contributed by atoms with Crippen LogP contribution in [-0.4, -0.2) is 29.9 Å². The maximum atomic E-state index is 10.1. The number of fused-ring (bicyclic) bond motifs is 1. The van der Waals surface area contributed by atoms with Crippen molar-refractivity contribution in [2.45, 2.75) is 65.1 Å². The Balaban J connectivity index is 0.00000220. The molecule has 0 amide bonds. The lowest BCUT2D eigenvalue weighted by Crippen LogP contribution is -3.00. The first kappa shape index (κ1) is 18.3. The molecule has 0 aromatic heterocycles. The van der Waals surface area contributed by atoms with Gasteiger partial charge in [-0.15, -0.1) is 0 Å². The minimum absolute atomic E-state index is 0. The van der Waals surface area contributed by atoms with Gasteiger partial charge in [-0.1, -0.05) is 19.9 Å². The van der Waals surface area contributed by atoms with Crippen LogP contribution in [-0.2, 0) is 12.8 Å². The van der Waals surface area contributed by atoms with E-state index in [4.69, 9.17) is 4.74 Å². The van der Waals surface area contributed by atoms with Crippen molar-refractivity contribution < 1.29 is 22.3 Å². The minimum Gasteiger partial charge on any atom is -1.00 e. The number of ether oxygens (including phenoxy) is 1. The third-order valence-electron chi connectivity index (χ3n) is 4.06. The number of halogens is 1. The molecule has 1 aliphatic rings. The van der Waals surface area contributed by atoms with Gasteiger partial charge in [-0.25, -0.2) is 0 Å². The van der Waals surface area contributed by atoms with E-state index in [-0.39, 0.29) is 18.4 Å². The maximum Gasteiger partial charge on any atom is 0.122 e. The second-order valence-electron chi connectivity index (χ2n) is 6.18. The van der Waals surface area contributed by atoms with Crippen LogP contribution in [0.5, 0.6) is 5.75 Å². The number of hydrogen-bond donors (Lipinski definition) is 2. The van der Waals surface area contributed by atoms with E-state index in [0.717, 1.165) is 18.6 Å². The molecule has 2 N–H and O–H groups in total. The van der Waals surface area contributed by atoms with E-state index in [1.54, 1.807) is 0 Å². The molecule has 2 atom stereocenters. The lowest BCUT2D eigenvalue weighted by molar-refractivity contribution is -0.00000600. The van der Waals surface area contributed by atoms with Crippen LogP contribution in [0.4, 0.5) is 0 Å². The highest BCUT2D eigenvalue weighted by Gasteiger charge is 2.20. The molecular formula is C17H27ClNO2-. The van der Waals surface area contributed by atoms with Gasteiger partial charge in [0.1, 0.15) is 18.5 Å².